The summed E-state index contributed by atoms with van der Waals surface area (Å²) in [5.41, 5.74) is 7.41. The van der Waals surface area contributed by atoms with Crippen LogP contribution in [0.5, 0.6) is 0 Å². The number of nitrogens with zero attached hydrogens (tertiary/aromatic N) is 2. The molecule has 2 rings (SSSR count). The van der Waals surface area contributed by atoms with Gasteiger partial charge in [0.25, 0.3) is 5.91 Å². The average Bonchev–Trinajstić information content (AvgIpc) is 2.97. The highest BCUT2D eigenvalue weighted by Crippen LogP contribution is 2.09. The molecule has 0 fully saturated rings. The van der Waals surface area contributed by atoms with Gasteiger partial charge in [-0.1, -0.05) is 12.1 Å². The Bertz CT molecular complexity index is 607. The molecule has 0 saturated heterocycles. The molecule has 0 aliphatic heterocycles. The third-order valence-electron chi connectivity index (χ3n) is 2.99. The van der Waals surface area contributed by atoms with E-state index in [0.717, 1.165) is 11.1 Å². The number of H-pyrrole nitrogens is 1. The van der Waals surface area contributed by atoms with Crippen molar-refractivity contribution in [1.29, 1.82) is 0 Å². The summed E-state index contributed by atoms with van der Waals surface area (Å²) in [7, 11) is 1.73. The van der Waals surface area contributed by atoms with Gasteiger partial charge in [0, 0.05) is 37.5 Å². The van der Waals surface area contributed by atoms with Crippen LogP contribution in [0, 0.1) is 0 Å². The van der Waals surface area contributed by atoms with Crippen LogP contribution in [0.15, 0.2) is 36.7 Å². The van der Waals surface area contributed by atoms with Crippen molar-refractivity contribution >= 4 is 11.9 Å². The van der Waals surface area contributed by atoms with E-state index in [1.807, 2.05) is 0 Å². The average molecular weight is 287 g/mol. The van der Waals surface area contributed by atoms with E-state index in [9.17, 15) is 9.59 Å². The molecule has 0 aliphatic carbocycles. The zero-order chi connectivity index (χ0) is 15.2. The molecule has 2 aromatic rings. The number of aromatic nitrogens is 2. The number of primary amides is 1. The molecule has 0 atom stereocenters. The summed E-state index contributed by atoms with van der Waals surface area (Å²) in [6.07, 6.45) is 3.44. The van der Waals surface area contributed by atoms with E-state index in [4.69, 9.17) is 5.73 Å². The van der Waals surface area contributed by atoms with Gasteiger partial charge < -0.3 is 16.0 Å². The molecule has 1 aromatic heterocycles. The molecule has 1 aromatic carbocycles. The maximum absolute atomic E-state index is 12.3. The second kappa shape index (κ2) is 6.56. The van der Waals surface area contributed by atoms with Gasteiger partial charge in [0.15, 0.2) is 0 Å². The standard InChI is InChI=1S/C14H17N5O2/c1-19(9-11-7-17-18-8-11)13(20)12-4-2-10(3-5-12)6-16-14(15)21/h2-5,7-8H,6,9H2,1H3,(H,17,18)(H3,15,16,21). The summed E-state index contributed by atoms with van der Waals surface area (Å²) in [4.78, 5) is 24.5. The predicted molar refractivity (Wildman–Crippen MR) is 77.3 cm³/mol. The van der Waals surface area contributed by atoms with Crippen molar-refractivity contribution in [3.05, 3.63) is 53.3 Å². The first-order valence-corrected chi connectivity index (χ1v) is 6.41. The van der Waals surface area contributed by atoms with Gasteiger partial charge in [-0.25, -0.2) is 4.79 Å². The number of amides is 3. The molecule has 4 N–H and O–H groups in total. The van der Waals surface area contributed by atoms with E-state index in [-0.39, 0.29) is 5.91 Å². The molecule has 0 radical (unpaired) electrons. The molecule has 7 heteroatoms. The number of urea groups is 1. The molecule has 0 unspecified atom stereocenters. The lowest BCUT2D eigenvalue weighted by Crippen LogP contribution is -2.28. The van der Waals surface area contributed by atoms with Gasteiger partial charge in [0.2, 0.25) is 0 Å². The first-order valence-electron chi connectivity index (χ1n) is 6.41. The molecule has 0 saturated carbocycles. The van der Waals surface area contributed by atoms with Gasteiger partial charge in [-0.05, 0) is 17.7 Å². The quantitative estimate of drug-likeness (QED) is 0.759. The molecule has 3 amide bonds. The Morgan fingerprint density at radius 2 is 2.00 bits per heavy atom. The zero-order valence-corrected chi connectivity index (χ0v) is 11.7. The fourth-order valence-electron chi connectivity index (χ4n) is 1.88. The van der Waals surface area contributed by atoms with Crippen molar-refractivity contribution < 1.29 is 9.59 Å². The number of rotatable bonds is 5. The van der Waals surface area contributed by atoms with Crippen LogP contribution in [-0.2, 0) is 13.1 Å². The Kier molecular flexibility index (Phi) is 4.55. The third-order valence-corrected chi connectivity index (χ3v) is 2.99. The van der Waals surface area contributed by atoms with Crippen molar-refractivity contribution in [3.8, 4) is 0 Å². The lowest BCUT2D eigenvalue weighted by atomic mass is 10.1. The SMILES string of the molecule is CN(Cc1cn[nH]c1)C(=O)c1ccc(CNC(N)=O)cc1. The van der Waals surface area contributed by atoms with Crippen LogP contribution < -0.4 is 11.1 Å². The van der Waals surface area contributed by atoms with Gasteiger partial charge in [-0.15, -0.1) is 0 Å². The number of hydrogen-bond donors (Lipinski definition) is 3. The van der Waals surface area contributed by atoms with Crippen molar-refractivity contribution in [1.82, 2.24) is 20.4 Å². The molecule has 21 heavy (non-hydrogen) atoms. The van der Waals surface area contributed by atoms with Gasteiger partial charge >= 0.3 is 6.03 Å². The molecular weight excluding hydrogens is 270 g/mol. The van der Waals surface area contributed by atoms with E-state index in [1.54, 1.807) is 48.6 Å². The highest BCUT2D eigenvalue weighted by Gasteiger charge is 2.12. The summed E-state index contributed by atoms with van der Waals surface area (Å²) < 4.78 is 0. The summed E-state index contributed by atoms with van der Waals surface area (Å²) in [6.45, 7) is 0.828. The molecule has 7 nitrogen and oxygen atoms in total. The summed E-state index contributed by atoms with van der Waals surface area (Å²) in [5.74, 6) is -0.0781. The second-order valence-corrected chi connectivity index (χ2v) is 4.68. The number of nitrogens with one attached hydrogen (secondary N) is 2. The smallest absolute Gasteiger partial charge is 0.312 e. The van der Waals surface area contributed by atoms with Crippen LogP contribution in [0.2, 0.25) is 0 Å². The Hall–Kier alpha value is -2.83. The molecule has 1 heterocycles. The number of nitrogens with two attached hydrogens (primary N) is 1. The fraction of sp³-hybridized carbons (Fsp3) is 0.214. The number of carbonyl (C=O) groups is 2. The van der Waals surface area contributed by atoms with Gasteiger partial charge in [0.1, 0.15) is 0 Å². The van der Waals surface area contributed by atoms with Crippen LogP contribution in [0.25, 0.3) is 0 Å². The minimum atomic E-state index is -0.574. The minimum absolute atomic E-state index is 0.0781. The summed E-state index contributed by atoms with van der Waals surface area (Å²) >= 11 is 0. The first kappa shape index (κ1) is 14.6. The fourth-order valence-corrected chi connectivity index (χ4v) is 1.88. The Morgan fingerprint density at radius 3 is 2.57 bits per heavy atom. The van der Waals surface area contributed by atoms with Crippen LogP contribution in [0.3, 0.4) is 0 Å². The number of aromatic amines is 1. The van der Waals surface area contributed by atoms with E-state index in [0.29, 0.717) is 18.7 Å². The van der Waals surface area contributed by atoms with E-state index >= 15 is 0 Å². The number of benzene rings is 1. The van der Waals surface area contributed by atoms with Crippen LogP contribution in [0.4, 0.5) is 4.79 Å². The summed E-state index contributed by atoms with van der Waals surface area (Å²) in [5, 5.41) is 9.05. The van der Waals surface area contributed by atoms with E-state index < -0.39 is 6.03 Å². The van der Waals surface area contributed by atoms with Crippen molar-refractivity contribution in [2.75, 3.05) is 7.05 Å². The highest BCUT2D eigenvalue weighted by molar-refractivity contribution is 5.94. The third kappa shape index (κ3) is 4.07. The zero-order valence-electron chi connectivity index (χ0n) is 11.7. The summed E-state index contributed by atoms with van der Waals surface area (Å²) in [6, 6.07) is 6.46. The second-order valence-electron chi connectivity index (χ2n) is 4.68. The first-order chi connectivity index (χ1) is 10.1. The van der Waals surface area contributed by atoms with E-state index in [2.05, 4.69) is 15.5 Å². The maximum Gasteiger partial charge on any atom is 0.312 e. The topological polar surface area (TPSA) is 104 Å². The van der Waals surface area contributed by atoms with Gasteiger partial charge in [-0.3, -0.25) is 9.89 Å². The van der Waals surface area contributed by atoms with Gasteiger partial charge in [-0.2, -0.15) is 5.10 Å². The number of hydrogen-bond acceptors (Lipinski definition) is 3. The Labute approximate surface area is 122 Å². The largest absolute Gasteiger partial charge is 0.352 e. The molecule has 110 valence electrons. The van der Waals surface area contributed by atoms with Crippen molar-refractivity contribution in [2.24, 2.45) is 5.73 Å². The molecule has 0 aliphatic rings. The lowest BCUT2D eigenvalue weighted by molar-refractivity contribution is 0.0785. The molecule has 0 bridgehead atoms. The minimum Gasteiger partial charge on any atom is -0.352 e. The molecule has 0 spiro atoms. The Balaban J connectivity index is 1.97. The molecular formula is C14H17N5O2. The highest BCUT2D eigenvalue weighted by atomic mass is 16.2. The van der Waals surface area contributed by atoms with Crippen LogP contribution in [0.1, 0.15) is 21.5 Å². The van der Waals surface area contributed by atoms with Crippen LogP contribution in [-0.4, -0.2) is 34.1 Å². The number of carbonyl (C=O) groups excluding carboxylic acids is 2. The van der Waals surface area contributed by atoms with Crippen molar-refractivity contribution in [2.45, 2.75) is 13.1 Å². The normalized spacial score (nSPS) is 10.1. The lowest BCUT2D eigenvalue weighted by Gasteiger charge is -2.16. The monoisotopic (exact) mass is 287 g/mol. The van der Waals surface area contributed by atoms with Crippen molar-refractivity contribution in [3.63, 3.8) is 0 Å². The van der Waals surface area contributed by atoms with E-state index in [1.165, 1.54) is 0 Å². The maximum atomic E-state index is 12.3. The van der Waals surface area contributed by atoms with Crippen LogP contribution >= 0.6 is 0 Å². The Morgan fingerprint density at radius 1 is 1.29 bits per heavy atom. The van der Waals surface area contributed by atoms with Gasteiger partial charge in [0.05, 0.1) is 6.20 Å². The predicted octanol–water partition coefficient (Wildman–Crippen LogP) is 0.850.